The number of primary sulfonamides is 1. The van der Waals surface area contributed by atoms with Gasteiger partial charge in [-0.2, -0.15) is 0 Å². The summed E-state index contributed by atoms with van der Waals surface area (Å²) in [5.41, 5.74) is 5.85. The first-order valence-electron chi connectivity index (χ1n) is 6.14. The van der Waals surface area contributed by atoms with Crippen molar-refractivity contribution in [2.24, 2.45) is 5.14 Å². The molecule has 1 aromatic heterocycles. The van der Waals surface area contributed by atoms with Gasteiger partial charge in [-0.3, -0.25) is 4.98 Å². The van der Waals surface area contributed by atoms with Crippen molar-refractivity contribution in [3.05, 3.63) is 67.0 Å². The normalized spacial score (nSPS) is 10.7. The first kappa shape index (κ1) is 15.0. The van der Waals surface area contributed by atoms with Crippen LogP contribution in [0.5, 0.6) is 0 Å². The van der Waals surface area contributed by atoms with Gasteiger partial charge in [-0.1, -0.05) is 24.3 Å². The number of nitrogens with two attached hydrogens (primary N) is 2. The Balaban J connectivity index is 0.000000154. The van der Waals surface area contributed by atoms with Crippen LogP contribution >= 0.6 is 0 Å². The Morgan fingerprint density at radius 1 is 0.857 bits per heavy atom. The van der Waals surface area contributed by atoms with E-state index in [4.69, 9.17) is 10.9 Å². The van der Waals surface area contributed by atoms with E-state index in [2.05, 4.69) is 17.1 Å². The SMILES string of the molecule is Nc1ccc(S(N)(=O)=O)cc1.c1ccc2cnccc2c1. The maximum absolute atomic E-state index is 10.7. The number of nitrogens with zero attached hydrogens (tertiary/aromatic N) is 1. The first-order valence-corrected chi connectivity index (χ1v) is 7.68. The van der Waals surface area contributed by atoms with E-state index in [1.165, 1.54) is 35.0 Å². The highest BCUT2D eigenvalue weighted by atomic mass is 32.2. The van der Waals surface area contributed by atoms with E-state index in [1.54, 1.807) is 0 Å². The molecule has 3 rings (SSSR count). The largest absolute Gasteiger partial charge is 0.399 e. The third-order valence-corrected chi connectivity index (χ3v) is 3.69. The van der Waals surface area contributed by atoms with E-state index in [-0.39, 0.29) is 4.90 Å². The summed E-state index contributed by atoms with van der Waals surface area (Å²) in [6.45, 7) is 0. The van der Waals surface area contributed by atoms with Crippen LogP contribution < -0.4 is 10.9 Å². The Labute approximate surface area is 123 Å². The monoisotopic (exact) mass is 301 g/mol. The Bertz CT molecular complexity index is 765. The Morgan fingerprint density at radius 2 is 1.48 bits per heavy atom. The second-order valence-electron chi connectivity index (χ2n) is 4.34. The molecule has 108 valence electrons. The van der Waals surface area contributed by atoms with E-state index in [1.807, 2.05) is 30.6 Å². The van der Waals surface area contributed by atoms with Crippen molar-refractivity contribution in [3.8, 4) is 0 Å². The molecule has 0 saturated carbocycles. The zero-order chi connectivity index (χ0) is 15.3. The number of pyridine rings is 1. The van der Waals surface area contributed by atoms with Crippen LogP contribution in [0.1, 0.15) is 0 Å². The molecule has 6 heteroatoms. The van der Waals surface area contributed by atoms with E-state index in [9.17, 15) is 8.42 Å². The molecule has 0 fully saturated rings. The molecule has 0 aliphatic carbocycles. The van der Waals surface area contributed by atoms with Crippen molar-refractivity contribution in [1.29, 1.82) is 0 Å². The molecular weight excluding hydrogens is 286 g/mol. The quantitative estimate of drug-likeness (QED) is 0.673. The average molecular weight is 301 g/mol. The summed E-state index contributed by atoms with van der Waals surface area (Å²) >= 11 is 0. The highest BCUT2D eigenvalue weighted by Gasteiger charge is 2.04. The molecule has 0 unspecified atom stereocenters. The van der Waals surface area contributed by atoms with Crippen molar-refractivity contribution >= 4 is 26.5 Å². The summed E-state index contributed by atoms with van der Waals surface area (Å²) in [4.78, 5) is 4.09. The Kier molecular flexibility index (Phi) is 4.52. The van der Waals surface area contributed by atoms with Crippen LogP contribution in [0.3, 0.4) is 0 Å². The summed E-state index contributed by atoms with van der Waals surface area (Å²) in [5, 5.41) is 7.28. The van der Waals surface area contributed by atoms with Crippen molar-refractivity contribution in [1.82, 2.24) is 4.98 Å². The van der Waals surface area contributed by atoms with E-state index in [0.29, 0.717) is 5.69 Å². The summed E-state index contributed by atoms with van der Waals surface area (Å²) in [6, 6.07) is 15.9. The topological polar surface area (TPSA) is 99.1 Å². The van der Waals surface area contributed by atoms with Gasteiger partial charge in [0.1, 0.15) is 0 Å². The van der Waals surface area contributed by atoms with Gasteiger partial charge in [0, 0.05) is 18.1 Å². The maximum atomic E-state index is 10.7. The highest BCUT2D eigenvalue weighted by molar-refractivity contribution is 7.89. The van der Waals surface area contributed by atoms with E-state index >= 15 is 0 Å². The van der Waals surface area contributed by atoms with Gasteiger partial charge in [-0.15, -0.1) is 0 Å². The van der Waals surface area contributed by atoms with Crippen LogP contribution in [0.15, 0.2) is 71.9 Å². The van der Waals surface area contributed by atoms with E-state index < -0.39 is 10.0 Å². The molecule has 0 atom stereocenters. The lowest BCUT2D eigenvalue weighted by molar-refractivity contribution is 0.598. The van der Waals surface area contributed by atoms with Gasteiger partial charge >= 0.3 is 0 Å². The number of anilines is 1. The van der Waals surface area contributed by atoms with Crippen LogP contribution in [-0.4, -0.2) is 13.4 Å². The fraction of sp³-hybridized carbons (Fsp3) is 0. The molecular formula is C15H15N3O2S. The molecule has 0 radical (unpaired) electrons. The van der Waals surface area contributed by atoms with Gasteiger partial charge < -0.3 is 5.73 Å². The van der Waals surface area contributed by atoms with Crippen molar-refractivity contribution in [2.75, 3.05) is 5.73 Å². The minimum absolute atomic E-state index is 0.0756. The van der Waals surface area contributed by atoms with Gasteiger partial charge in [0.15, 0.2) is 0 Å². The number of rotatable bonds is 1. The van der Waals surface area contributed by atoms with Crippen LogP contribution in [0.4, 0.5) is 5.69 Å². The van der Waals surface area contributed by atoms with E-state index in [0.717, 1.165) is 0 Å². The molecule has 5 nitrogen and oxygen atoms in total. The lowest BCUT2D eigenvalue weighted by Gasteiger charge is -1.96. The predicted octanol–water partition coefficient (Wildman–Crippen LogP) is 2.15. The van der Waals surface area contributed by atoms with Gasteiger partial charge in [0.2, 0.25) is 10.0 Å². The summed E-state index contributed by atoms with van der Waals surface area (Å²) in [6.07, 6.45) is 3.68. The van der Waals surface area contributed by atoms with Crippen LogP contribution in [0.25, 0.3) is 10.8 Å². The Hall–Kier alpha value is -2.44. The molecule has 21 heavy (non-hydrogen) atoms. The molecule has 3 aromatic rings. The minimum atomic E-state index is -3.58. The van der Waals surface area contributed by atoms with Gasteiger partial charge in [0.05, 0.1) is 4.90 Å². The molecule has 1 heterocycles. The van der Waals surface area contributed by atoms with Crippen LogP contribution in [0, 0.1) is 0 Å². The number of hydrogen-bond acceptors (Lipinski definition) is 4. The fourth-order valence-corrected chi connectivity index (χ4v) is 2.20. The molecule has 4 N–H and O–H groups in total. The predicted molar refractivity (Wildman–Crippen MR) is 84.0 cm³/mol. The number of benzene rings is 2. The standard InChI is InChI=1S/C9H7N.C6H8N2O2S/c1-2-4-9-7-10-6-5-8(9)3-1;7-5-1-3-6(4-2-5)11(8,9)10/h1-7H;1-4H,7H2,(H2,8,9,10). The molecule has 2 aromatic carbocycles. The summed E-state index contributed by atoms with van der Waals surface area (Å²) < 4.78 is 21.4. The molecule has 0 aliphatic rings. The van der Waals surface area contributed by atoms with Crippen molar-refractivity contribution in [2.45, 2.75) is 4.90 Å². The minimum Gasteiger partial charge on any atom is -0.399 e. The lowest BCUT2D eigenvalue weighted by Crippen LogP contribution is -2.11. The first-order chi connectivity index (χ1) is 9.97. The second-order valence-corrected chi connectivity index (χ2v) is 5.90. The molecule has 0 spiro atoms. The smallest absolute Gasteiger partial charge is 0.238 e. The zero-order valence-corrected chi connectivity index (χ0v) is 12.0. The summed E-state index contributed by atoms with van der Waals surface area (Å²) in [5.74, 6) is 0. The van der Waals surface area contributed by atoms with Crippen LogP contribution in [-0.2, 0) is 10.0 Å². The Morgan fingerprint density at radius 3 is 2.05 bits per heavy atom. The highest BCUT2D eigenvalue weighted by Crippen LogP contribution is 2.10. The number of sulfonamides is 1. The third kappa shape index (κ3) is 4.27. The van der Waals surface area contributed by atoms with Crippen LogP contribution in [0.2, 0.25) is 0 Å². The average Bonchev–Trinajstić information content (AvgIpc) is 2.47. The number of nitrogen functional groups attached to an aromatic ring is 1. The van der Waals surface area contributed by atoms with Crippen molar-refractivity contribution in [3.63, 3.8) is 0 Å². The second kappa shape index (κ2) is 6.34. The van der Waals surface area contributed by atoms with Gasteiger partial charge in [-0.05, 0) is 41.1 Å². The fourth-order valence-electron chi connectivity index (χ4n) is 1.68. The molecule has 0 bridgehead atoms. The van der Waals surface area contributed by atoms with Gasteiger partial charge in [-0.25, -0.2) is 13.6 Å². The number of fused-ring (bicyclic) bond motifs is 1. The number of hydrogen-bond donors (Lipinski definition) is 2. The van der Waals surface area contributed by atoms with Crippen molar-refractivity contribution < 1.29 is 8.42 Å². The van der Waals surface area contributed by atoms with Gasteiger partial charge in [0.25, 0.3) is 0 Å². The number of aromatic nitrogens is 1. The molecule has 0 saturated heterocycles. The maximum Gasteiger partial charge on any atom is 0.238 e. The third-order valence-electron chi connectivity index (χ3n) is 2.76. The summed E-state index contributed by atoms with van der Waals surface area (Å²) in [7, 11) is -3.58. The molecule has 0 amide bonds. The zero-order valence-electron chi connectivity index (χ0n) is 11.2. The molecule has 0 aliphatic heterocycles. The lowest BCUT2D eigenvalue weighted by atomic mass is 10.2.